The fraction of sp³-hybridized carbons (Fsp3) is 0.657. The van der Waals surface area contributed by atoms with E-state index in [0.717, 1.165) is 37.9 Å². The lowest BCUT2D eigenvalue weighted by Crippen LogP contribution is -2.64. The van der Waals surface area contributed by atoms with E-state index in [1.807, 2.05) is 18.2 Å². The van der Waals surface area contributed by atoms with Gasteiger partial charge in [-0.15, -0.1) is 0 Å². The van der Waals surface area contributed by atoms with Crippen LogP contribution in [0.4, 0.5) is 0 Å². The van der Waals surface area contributed by atoms with Gasteiger partial charge in [0.05, 0.1) is 39.0 Å². The number of unbranched alkanes of at least 4 members (excludes halogenated alkanes) is 5. The number of piperidine rings is 3. The number of nitrogens with one attached hydrogen (secondary N) is 1. The van der Waals surface area contributed by atoms with E-state index in [9.17, 15) is 20.4 Å². The normalized spacial score (nSPS) is 25.8. The number of ether oxygens (including phenoxy) is 1. The van der Waals surface area contributed by atoms with Gasteiger partial charge in [-0.05, 0) is 67.8 Å². The number of aromatic hydroxyl groups is 1. The van der Waals surface area contributed by atoms with Crippen molar-refractivity contribution in [1.82, 2.24) is 5.32 Å². The predicted octanol–water partition coefficient (Wildman–Crippen LogP) is 4.77. The lowest BCUT2D eigenvalue weighted by atomic mass is 9.82. The number of hydrogen-bond donors (Lipinski definition) is 5. The molecule has 1 aliphatic carbocycles. The summed E-state index contributed by atoms with van der Waals surface area (Å²) in [6, 6.07) is 15.1. The van der Waals surface area contributed by atoms with Crippen LogP contribution in [-0.2, 0) is 16.9 Å². The molecule has 1 saturated carbocycles. The summed E-state index contributed by atoms with van der Waals surface area (Å²) in [6.45, 7) is 6.49. The van der Waals surface area contributed by atoms with Gasteiger partial charge in [0.25, 0.3) is 0 Å². The first-order valence-electron chi connectivity index (χ1n) is 16.5. The maximum absolute atomic E-state index is 11.6. The van der Waals surface area contributed by atoms with Crippen molar-refractivity contribution in [2.45, 2.75) is 88.6 Å². The second-order valence-corrected chi connectivity index (χ2v) is 13.3. The van der Waals surface area contributed by atoms with E-state index in [1.54, 1.807) is 12.1 Å². The number of hydrogen-bond acceptors (Lipinski definition) is 6. The maximum atomic E-state index is 11.6. The van der Waals surface area contributed by atoms with Crippen LogP contribution in [0.25, 0.3) is 0 Å². The van der Waals surface area contributed by atoms with Gasteiger partial charge in [-0.2, -0.15) is 0 Å². The molecule has 0 spiro atoms. The summed E-state index contributed by atoms with van der Waals surface area (Å²) in [7, 11) is 0. The highest BCUT2D eigenvalue weighted by Gasteiger charge is 2.49. The number of fused-ring (bicyclic) bond motifs is 3. The summed E-state index contributed by atoms with van der Waals surface area (Å²) in [5.74, 6) is 1.04. The lowest BCUT2D eigenvalue weighted by Gasteiger charge is -2.53. The van der Waals surface area contributed by atoms with Crippen LogP contribution >= 0.6 is 0 Å². The highest BCUT2D eigenvalue weighted by molar-refractivity contribution is 5.36. The molecule has 4 fully saturated rings. The zero-order valence-electron chi connectivity index (χ0n) is 25.3. The Hall–Kier alpha value is -2.00. The molecule has 0 radical (unpaired) electrons. The fourth-order valence-electron chi connectivity index (χ4n) is 7.38. The molecule has 6 rings (SSSR count). The van der Waals surface area contributed by atoms with Crippen molar-refractivity contribution < 1.29 is 29.6 Å². The molecule has 5 N–H and O–H groups in total. The Morgan fingerprint density at radius 3 is 2.36 bits per heavy atom. The van der Waals surface area contributed by atoms with Crippen molar-refractivity contribution in [2.24, 2.45) is 11.8 Å². The first-order valence-corrected chi connectivity index (χ1v) is 16.5. The second-order valence-electron chi connectivity index (χ2n) is 13.3. The van der Waals surface area contributed by atoms with Crippen LogP contribution in [0.5, 0.6) is 5.75 Å². The van der Waals surface area contributed by atoms with Gasteiger partial charge in [0.2, 0.25) is 0 Å². The van der Waals surface area contributed by atoms with E-state index in [1.165, 1.54) is 75.1 Å². The third-order valence-electron chi connectivity index (χ3n) is 10.3. The molecule has 3 heterocycles. The van der Waals surface area contributed by atoms with Gasteiger partial charge in [0.15, 0.2) is 0 Å². The van der Waals surface area contributed by atoms with Crippen LogP contribution in [0, 0.1) is 11.8 Å². The fourth-order valence-corrected chi connectivity index (χ4v) is 7.38. The summed E-state index contributed by atoms with van der Waals surface area (Å²) in [4.78, 5) is 0. The minimum atomic E-state index is -0.843. The number of rotatable bonds is 18. The maximum Gasteiger partial charge on any atom is 0.121 e. The number of aliphatic hydroxyl groups excluding tert-OH is 2. The first kappa shape index (κ1) is 31.4. The zero-order valence-corrected chi connectivity index (χ0v) is 25.3. The van der Waals surface area contributed by atoms with Gasteiger partial charge < -0.3 is 35.0 Å². The smallest absolute Gasteiger partial charge is 0.121 e. The highest BCUT2D eigenvalue weighted by Crippen LogP contribution is 2.47. The average Bonchev–Trinajstić information content (AvgIpc) is 3.88. The molecule has 7 nitrogen and oxygen atoms in total. The monoisotopic (exact) mass is 581 g/mol. The lowest BCUT2D eigenvalue weighted by molar-refractivity contribution is -0.946. The Morgan fingerprint density at radius 1 is 0.929 bits per heavy atom. The van der Waals surface area contributed by atoms with Crippen LogP contribution < -0.4 is 5.32 Å². The second kappa shape index (κ2) is 14.7. The minimum absolute atomic E-state index is 0.0567. The molecule has 3 atom stereocenters. The predicted molar refractivity (Wildman–Crippen MR) is 165 cm³/mol. The Kier molecular flexibility index (Phi) is 11.0. The Balaban J connectivity index is 0.947. The van der Waals surface area contributed by atoms with Crippen LogP contribution in [0.2, 0.25) is 0 Å². The van der Waals surface area contributed by atoms with Crippen LogP contribution in [-0.4, -0.2) is 76.9 Å². The van der Waals surface area contributed by atoms with Crippen molar-refractivity contribution in [3.8, 4) is 5.75 Å². The Labute approximate surface area is 252 Å². The zero-order chi connectivity index (χ0) is 29.4. The molecule has 42 heavy (non-hydrogen) atoms. The highest BCUT2D eigenvalue weighted by atomic mass is 16.5. The summed E-state index contributed by atoms with van der Waals surface area (Å²) in [6.07, 6.45) is 11.7. The SMILES string of the molecule is OCc1cc([C@@H](O)CNCCCCCCCC[N+]23CCC(CC2)[C@@H](OCC(O)(c2ccccc2)C2CC2)C3)ccc1O. The Bertz CT molecular complexity index is 1100. The molecular formula is C35H53N2O5+. The summed E-state index contributed by atoms with van der Waals surface area (Å²) >= 11 is 0. The van der Waals surface area contributed by atoms with E-state index in [2.05, 4.69) is 17.4 Å². The van der Waals surface area contributed by atoms with Gasteiger partial charge >= 0.3 is 0 Å². The molecule has 3 saturated heterocycles. The molecular weight excluding hydrogens is 528 g/mol. The topological polar surface area (TPSA) is 102 Å². The molecule has 0 amide bonds. The van der Waals surface area contributed by atoms with Gasteiger partial charge in [0, 0.05) is 30.9 Å². The van der Waals surface area contributed by atoms with Crippen molar-refractivity contribution in [2.75, 3.05) is 45.9 Å². The standard InChI is InChI=1S/C35H52N2O5/c38-25-29-22-28(12-15-32(29)39)33(40)23-36-18-8-3-1-2-4-9-19-37-20-16-27(17-21-37)34(24-37)42-26-35(41,31-13-14-31)30-10-6-5-7-11-30/h5-7,10-12,15,22,27,31,33-34,36,38,40-41H,1-4,8-9,13-14,16-21,23-26H2/p+1/t27?,33-,34-,35?,37?/m0/s1. The molecule has 7 heteroatoms. The van der Waals surface area contributed by atoms with Crippen molar-refractivity contribution in [3.05, 3.63) is 65.2 Å². The van der Waals surface area contributed by atoms with Gasteiger partial charge in [-0.25, -0.2) is 0 Å². The molecule has 1 unspecified atom stereocenters. The van der Waals surface area contributed by atoms with E-state index in [-0.39, 0.29) is 18.5 Å². The molecule has 2 aromatic rings. The van der Waals surface area contributed by atoms with E-state index in [4.69, 9.17) is 4.74 Å². The van der Waals surface area contributed by atoms with Gasteiger partial charge in [0.1, 0.15) is 24.0 Å². The average molecular weight is 582 g/mol. The summed E-state index contributed by atoms with van der Waals surface area (Å²) in [5.41, 5.74) is 1.32. The van der Waals surface area contributed by atoms with E-state index in [0.29, 0.717) is 36.1 Å². The molecule has 232 valence electrons. The van der Waals surface area contributed by atoms with E-state index < -0.39 is 11.7 Å². The van der Waals surface area contributed by atoms with Crippen LogP contribution in [0.3, 0.4) is 0 Å². The molecule has 4 aliphatic rings. The number of nitrogens with zero attached hydrogens (tertiary/aromatic N) is 1. The quantitative estimate of drug-likeness (QED) is 0.128. The number of aliphatic hydroxyl groups is 3. The summed E-state index contributed by atoms with van der Waals surface area (Å²) in [5, 5.41) is 44.3. The molecule has 0 aromatic heterocycles. The van der Waals surface area contributed by atoms with Crippen molar-refractivity contribution in [1.29, 1.82) is 0 Å². The third-order valence-corrected chi connectivity index (χ3v) is 10.3. The van der Waals surface area contributed by atoms with Crippen molar-refractivity contribution in [3.63, 3.8) is 0 Å². The first-order chi connectivity index (χ1) is 20.4. The molecule has 3 aliphatic heterocycles. The van der Waals surface area contributed by atoms with E-state index >= 15 is 0 Å². The summed E-state index contributed by atoms with van der Waals surface area (Å²) < 4.78 is 7.81. The molecule has 2 aromatic carbocycles. The number of phenols is 1. The molecule has 2 bridgehead atoms. The van der Waals surface area contributed by atoms with Gasteiger partial charge in [-0.1, -0.05) is 55.7 Å². The number of quaternary nitrogens is 1. The van der Waals surface area contributed by atoms with Crippen LogP contribution in [0.15, 0.2) is 48.5 Å². The van der Waals surface area contributed by atoms with Crippen molar-refractivity contribution >= 4 is 0 Å². The Morgan fingerprint density at radius 2 is 1.64 bits per heavy atom. The minimum Gasteiger partial charge on any atom is -0.508 e. The third kappa shape index (κ3) is 7.93. The number of benzene rings is 2. The van der Waals surface area contributed by atoms with Gasteiger partial charge in [-0.3, -0.25) is 0 Å². The van der Waals surface area contributed by atoms with Crippen LogP contribution in [0.1, 0.15) is 87.0 Å². The largest absolute Gasteiger partial charge is 0.508 e.